The van der Waals surface area contributed by atoms with Gasteiger partial charge in [0.15, 0.2) is 11.6 Å². The lowest BCUT2D eigenvalue weighted by Crippen LogP contribution is -2.17. The van der Waals surface area contributed by atoms with Crippen LogP contribution in [0.2, 0.25) is 0 Å². The van der Waals surface area contributed by atoms with Gasteiger partial charge in [-0.3, -0.25) is 0 Å². The molecule has 3 N–H and O–H groups in total. The van der Waals surface area contributed by atoms with Crippen molar-refractivity contribution < 1.29 is 9.50 Å². The fraction of sp³-hybridized carbons (Fsp3) is 0.667. The van der Waals surface area contributed by atoms with Crippen molar-refractivity contribution in [2.45, 2.75) is 26.2 Å². The molecule has 0 spiro atoms. The Balaban J connectivity index is 2.60. The number of halogens is 1. The lowest BCUT2D eigenvalue weighted by atomic mass is 10.0. The molecule has 18 heavy (non-hydrogen) atoms. The summed E-state index contributed by atoms with van der Waals surface area (Å²) in [4.78, 5) is 7.79. The van der Waals surface area contributed by atoms with Gasteiger partial charge in [-0.25, -0.2) is 9.37 Å². The summed E-state index contributed by atoms with van der Waals surface area (Å²) in [5.74, 6) is 0.446. The van der Waals surface area contributed by atoms with Gasteiger partial charge in [-0.2, -0.15) is 4.98 Å². The van der Waals surface area contributed by atoms with Gasteiger partial charge < -0.3 is 15.7 Å². The number of anilines is 2. The van der Waals surface area contributed by atoms with Gasteiger partial charge in [-0.05, 0) is 18.8 Å². The van der Waals surface area contributed by atoms with E-state index in [2.05, 4.69) is 27.5 Å². The summed E-state index contributed by atoms with van der Waals surface area (Å²) >= 11 is 0. The van der Waals surface area contributed by atoms with Crippen LogP contribution in [0.4, 0.5) is 16.2 Å². The molecule has 0 amide bonds. The third-order valence-electron chi connectivity index (χ3n) is 2.76. The maximum Gasteiger partial charge on any atom is 0.224 e. The normalized spacial score (nSPS) is 12.2. The molecule has 1 heterocycles. The average molecular weight is 256 g/mol. The number of aliphatic hydroxyl groups is 1. The number of aliphatic hydroxyl groups excluding tert-OH is 1. The molecule has 1 atom stereocenters. The lowest BCUT2D eigenvalue weighted by molar-refractivity contribution is 0.255. The first-order valence-corrected chi connectivity index (χ1v) is 6.26. The standard InChI is InChI=1S/C12H21FN4O/c1-3-4-9(5-6-18)7-15-11-10(13)8-16-12(14-2)17-11/h8-9,18H,3-7H2,1-2H3,(H2,14,15,16,17). The summed E-state index contributed by atoms with van der Waals surface area (Å²) in [6.45, 7) is 2.85. The average Bonchev–Trinajstić information content (AvgIpc) is 2.38. The van der Waals surface area contributed by atoms with Crippen LogP contribution in [0.15, 0.2) is 6.20 Å². The SMILES string of the molecule is CCCC(CCO)CNc1nc(NC)ncc1F. The third-order valence-corrected chi connectivity index (χ3v) is 2.76. The quantitative estimate of drug-likeness (QED) is 0.662. The van der Waals surface area contributed by atoms with Crippen molar-refractivity contribution in [3.05, 3.63) is 12.0 Å². The molecule has 0 aliphatic carbocycles. The van der Waals surface area contributed by atoms with Crippen LogP contribution in [0, 0.1) is 11.7 Å². The van der Waals surface area contributed by atoms with Gasteiger partial charge in [0, 0.05) is 20.2 Å². The Bertz CT molecular complexity index is 356. The second-order valence-electron chi connectivity index (χ2n) is 4.19. The fourth-order valence-electron chi connectivity index (χ4n) is 1.79. The van der Waals surface area contributed by atoms with Crippen LogP contribution in [-0.2, 0) is 0 Å². The molecule has 0 bridgehead atoms. The Morgan fingerprint density at radius 1 is 1.44 bits per heavy atom. The van der Waals surface area contributed by atoms with E-state index in [1.807, 2.05) is 0 Å². The van der Waals surface area contributed by atoms with E-state index in [1.54, 1.807) is 7.05 Å². The van der Waals surface area contributed by atoms with E-state index in [-0.39, 0.29) is 12.4 Å². The van der Waals surface area contributed by atoms with Gasteiger partial charge in [-0.1, -0.05) is 13.3 Å². The number of hydrogen-bond acceptors (Lipinski definition) is 5. The maximum absolute atomic E-state index is 13.5. The minimum atomic E-state index is -0.465. The van der Waals surface area contributed by atoms with Gasteiger partial charge >= 0.3 is 0 Å². The molecule has 0 saturated heterocycles. The van der Waals surface area contributed by atoms with E-state index in [1.165, 1.54) is 0 Å². The highest BCUT2D eigenvalue weighted by molar-refractivity contribution is 5.40. The molecule has 0 aromatic carbocycles. The van der Waals surface area contributed by atoms with Crippen LogP contribution >= 0.6 is 0 Å². The highest BCUT2D eigenvalue weighted by Gasteiger charge is 2.10. The minimum absolute atomic E-state index is 0.153. The lowest BCUT2D eigenvalue weighted by Gasteiger charge is -2.16. The molecule has 1 aromatic heterocycles. The van der Waals surface area contributed by atoms with Gasteiger partial charge in [0.25, 0.3) is 0 Å². The van der Waals surface area contributed by atoms with E-state index in [0.717, 1.165) is 19.0 Å². The van der Waals surface area contributed by atoms with E-state index < -0.39 is 5.82 Å². The van der Waals surface area contributed by atoms with Crippen molar-refractivity contribution in [1.82, 2.24) is 9.97 Å². The molecule has 6 heteroatoms. The predicted octanol–water partition coefficient (Wildman–Crippen LogP) is 1.87. The van der Waals surface area contributed by atoms with Crippen LogP contribution in [0.3, 0.4) is 0 Å². The molecular weight excluding hydrogens is 235 g/mol. The molecule has 1 unspecified atom stereocenters. The largest absolute Gasteiger partial charge is 0.396 e. The minimum Gasteiger partial charge on any atom is -0.396 e. The molecule has 1 aromatic rings. The zero-order valence-corrected chi connectivity index (χ0v) is 10.9. The molecule has 0 fully saturated rings. The summed E-state index contributed by atoms with van der Waals surface area (Å²) in [6.07, 6.45) is 3.90. The van der Waals surface area contributed by atoms with Crippen molar-refractivity contribution in [3.8, 4) is 0 Å². The van der Waals surface area contributed by atoms with Crippen LogP contribution < -0.4 is 10.6 Å². The maximum atomic E-state index is 13.5. The molecule has 0 radical (unpaired) electrons. The number of rotatable bonds is 8. The second kappa shape index (κ2) is 7.81. The Morgan fingerprint density at radius 3 is 2.83 bits per heavy atom. The topological polar surface area (TPSA) is 70.1 Å². The zero-order chi connectivity index (χ0) is 13.4. The van der Waals surface area contributed by atoms with E-state index in [0.29, 0.717) is 24.8 Å². The predicted molar refractivity (Wildman–Crippen MR) is 70.1 cm³/mol. The first kappa shape index (κ1) is 14.6. The van der Waals surface area contributed by atoms with Gasteiger partial charge in [0.1, 0.15) is 0 Å². The number of nitrogens with zero attached hydrogens (tertiary/aromatic N) is 2. The first-order valence-electron chi connectivity index (χ1n) is 6.26. The van der Waals surface area contributed by atoms with Gasteiger partial charge in [-0.15, -0.1) is 0 Å². The van der Waals surface area contributed by atoms with Crippen molar-refractivity contribution in [3.63, 3.8) is 0 Å². The molecule has 0 saturated carbocycles. The van der Waals surface area contributed by atoms with Crippen molar-refractivity contribution in [2.75, 3.05) is 30.8 Å². The third kappa shape index (κ3) is 4.44. The Hall–Kier alpha value is -1.43. The molecular formula is C12H21FN4O. The molecule has 0 aliphatic rings. The summed E-state index contributed by atoms with van der Waals surface area (Å²) in [5, 5.41) is 14.7. The van der Waals surface area contributed by atoms with Gasteiger partial charge in [0.05, 0.1) is 6.20 Å². The zero-order valence-electron chi connectivity index (χ0n) is 10.9. The van der Waals surface area contributed by atoms with Crippen molar-refractivity contribution in [1.29, 1.82) is 0 Å². The van der Waals surface area contributed by atoms with Crippen LogP contribution in [-0.4, -0.2) is 35.3 Å². The van der Waals surface area contributed by atoms with E-state index >= 15 is 0 Å². The molecule has 5 nitrogen and oxygen atoms in total. The summed E-state index contributed by atoms with van der Waals surface area (Å²) in [6, 6.07) is 0. The summed E-state index contributed by atoms with van der Waals surface area (Å²) in [5.41, 5.74) is 0. The van der Waals surface area contributed by atoms with Crippen molar-refractivity contribution >= 4 is 11.8 Å². The highest BCUT2D eigenvalue weighted by Crippen LogP contribution is 2.15. The van der Waals surface area contributed by atoms with Gasteiger partial charge in [0.2, 0.25) is 5.95 Å². The van der Waals surface area contributed by atoms with Crippen LogP contribution in [0.1, 0.15) is 26.2 Å². The number of hydrogen-bond donors (Lipinski definition) is 3. The molecule has 0 aliphatic heterocycles. The van der Waals surface area contributed by atoms with Crippen molar-refractivity contribution in [2.24, 2.45) is 5.92 Å². The Morgan fingerprint density at radius 2 is 2.22 bits per heavy atom. The Kier molecular flexibility index (Phi) is 6.35. The van der Waals surface area contributed by atoms with E-state index in [9.17, 15) is 4.39 Å². The molecule has 102 valence electrons. The monoisotopic (exact) mass is 256 g/mol. The number of nitrogens with one attached hydrogen (secondary N) is 2. The molecule has 1 rings (SSSR count). The second-order valence-corrected chi connectivity index (χ2v) is 4.19. The summed E-state index contributed by atoms with van der Waals surface area (Å²) in [7, 11) is 1.68. The Labute approximate surface area is 107 Å². The number of aromatic nitrogens is 2. The highest BCUT2D eigenvalue weighted by atomic mass is 19.1. The van der Waals surface area contributed by atoms with Crippen LogP contribution in [0.25, 0.3) is 0 Å². The van der Waals surface area contributed by atoms with E-state index in [4.69, 9.17) is 5.11 Å². The summed E-state index contributed by atoms with van der Waals surface area (Å²) < 4.78 is 13.5. The van der Waals surface area contributed by atoms with Crippen LogP contribution in [0.5, 0.6) is 0 Å². The fourth-order valence-corrected chi connectivity index (χ4v) is 1.79. The smallest absolute Gasteiger partial charge is 0.224 e. The first-order chi connectivity index (χ1) is 8.71.